The van der Waals surface area contributed by atoms with E-state index in [1.54, 1.807) is 6.07 Å². The lowest BCUT2D eigenvalue weighted by Gasteiger charge is -2.20. The molecule has 4 nitrogen and oxygen atoms in total. The van der Waals surface area contributed by atoms with Gasteiger partial charge in [-0.05, 0) is 24.4 Å². The molecule has 1 aromatic heterocycles. The summed E-state index contributed by atoms with van der Waals surface area (Å²) >= 11 is 1.38. The summed E-state index contributed by atoms with van der Waals surface area (Å²) < 4.78 is 1.03. The molecule has 0 saturated carbocycles. The van der Waals surface area contributed by atoms with Crippen molar-refractivity contribution in [2.75, 3.05) is 7.05 Å². The zero-order chi connectivity index (χ0) is 13.3. The van der Waals surface area contributed by atoms with Crippen LogP contribution in [0.15, 0.2) is 30.3 Å². The van der Waals surface area contributed by atoms with Crippen molar-refractivity contribution in [3.8, 4) is 0 Å². The van der Waals surface area contributed by atoms with Gasteiger partial charge in [-0.1, -0.05) is 18.2 Å². The van der Waals surface area contributed by atoms with E-state index in [9.17, 15) is 9.59 Å². The molecular weight excluding hydrogens is 250 g/mol. The predicted octanol–water partition coefficient (Wildman–Crippen LogP) is 2.45. The standard InChI is InChI=1S/C13H13NO3S/c1-8(13(16)17)14(2)12(15)11-7-9-5-3-4-6-10(9)18-11/h3-8H,1-2H3,(H,16,17). The molecule has 1 amide bonds. The Morgan fingerprint density at radius 1 is 1.33 bits per heavy atom. The first-order valence-electron chi connectivity index (χ1n) is 5.49. The lowest BCUT2D eigenvalue weighted by molar-refractivity contribution is -0.141. The predicted molar refractivity (Wildman–Crippen MR) is 71.0 cm³/mol. The zero-order valence-electron chi connectivity index (χ0n) is 10.1. The van der Waals surface area contributed by atoms with Gasteiger partial charge in [0.25, 0.3) is 5.91 Å². The minimum atomic E-state index is -1.01. The van der Waals surface area contributed by atoms with Gasteiger partial charge in [0.2, 0.25) is 0 Å². The zero-order valence-corrected chi connectivity index (χ0v) is 10.9. The molecule has 2 rings (SSSR count). The molecule has 0 fully saturated rings. The van der Waals surface area contributed by atoms with E-state index < -0.39 is 12.0 Å². The van der Waals surface area contributed by atoms with Gasteiger partial charge >= 0.3 is 5.97 Å². The van der Waals surface area contributed by atoms with E-state index in [2.05, 4.69) is 0 Å². The van der Waals surface area contributed by atoms with Gasteiger partial charge < -0.3 is 10.0 Å². The third-order valence-corrected chi connectivity index (χ3v) is 4.00. The smallest absolute Gasteiger partial charge is 0.326 e. The summed E-state index contributed by atoms with van der Waals surface area (Å²) in [6, 6.07) is 8.67. The SMILES string of the molecule is CC(C(=O)O)N(C)C(=O)c1cc2ccccc2s1. The van der Waals surface area contributed by atoms with E-state index in [1.807, 2.05) is 24.3 Å². The summed E-state index contributed by atoms with van der Waals surface area (Å²) in [7, 11) is 1.51. The van der Waals surface area contributed by atoms with Gasteiger partial charge in [-0.25, -0.2) is 4.79 Å². The van der Waals surface area contributed by atoms with Crippen molar-refractivity contribution >= 4 is 33.3 Å². The van der Waals surface area contributed by atoms with E-state index in [-0.39, 0.29) is 5.91 Å². The van der Waals surface area contributed by atoms with Crippen LogP contribution in [0.25, 0.3) is 10.1 Å². The van der Waals surface area contributed by atoms with Crippen LogP contribution in [-0.2, 0) is 4.79 Å². The van der Waals surface area contributed by atoms with Crippen molar-refractivity contribution in [1.29, 1.82) is 0 Å². The summed E-state index contributed by atoms with van der Waals surface area (Å²) in [6.45, 7) is 1.49. The second kappa shape index (κ2) is 4.78. The number of aliphatic carboxylic acids is 1. The van der Waals surface area contributed by atoms with Gasteiger partial charge in [-0.15, -0.1) is 11.3 Å². The molecule has 1 N–H and O–H groups in total. The Balaban J connectivity index is 2.31. The number of carboxylic acids is 1. The lowest BCUT2D eigenvalue weighted by atomic mass is 10.2. The molecule has 0 bridgehead atoms. The van der Waals surface area contributed by atoms with Crippen molar-refractivity contribution in [3.63, 3.8) is 0 Å². The molecule has 2 aromatic rings. The highest BCUT2D eigenvalue weighted by Gasteiger charge is 2.23. The maximum absolute atomic E-state index is 12.1. The summed E-state index contributed by atoms with van der Waals surface area (Å²) in [5.74, 6) is -1.27. The molecule has 1 atom stereocenters. The highest BCUT2D eigenvalue weighted by Crippen LogP contribution is 2.26. The quantitative estimate of drug-likeness (QED) is 0.925. The first-order valence-corrected chi connectivity index (χ1v) is 6.31. The number of thiophene rings is 1. The Bertz CT molecular complexity index is 572. The number of hydrogen-bond acceptors (Lipinski definition) is 3. The van der Waals surface area contributed by atoms with Crippen molar-refractivity contribution in [3.05, 3.63) is 35.2 Å². The van der Waals surface area contributed by atoms with Crippen LogP contribution < -0.4 is 0 Å². The van der Waals surface area contributed by atoms with Crippen LogP contribution in [0, 0.1) is 0 Å². The van der Waals surface area contributed by atoms with E-state index >= 15 is 0 Å². The fourth-order valence-electron chi connectivity index (χ4n) is 1.60. The molecule has 18 heavy (non-hydrogen) atoms. The number of hydrogen-bond donors (Lipinski definition) is 1. The molecule has 0 aliphatic rings. The molecule has 0 saturated heterocycles. The minimum absolute atomic E-state index is 0.258. The van der Waals surface area contributed by atoms with Crippen LogP contribution in [0.3, 0.4) is 0 Å². The van der Waals surface area contributed by atoms with Crippen molar-refractivity contribution in [1.82, 2.24) is 4.90 Å². The van der Waals surface area contributed by atoms with Crippen LogP contribution in [0.1, 0.15) is 16.6 Å². The molecule has 0 aliphatic carbocycles. The van der Waals surface area contributed by atoms with Gasteiger partial charge in [-0.3, -0.25) is 4.79 Å². The molecule has 0 radical (unpaired) electrons. The maximum atomic E-state index is 12.1. The van der Waals surface area contributed by atoms with Gasteiger partial charge in [-0.2, -0.15) is 0 Å². The first-order chi connectivity index (χ1) is 8.50. The molecule has 0 aliphatic heterocycles. The largest absolute Gasteiger partial charge is 0.480 e. The number of likely N-dealkylation sites (N-methyl/N-ethyl adjacent to an activating group) is 1. The molecule has 1 heterocycles. The molecule has 1 unspecified atom stereocenters. The summed E-state index contributed by atoms with van der Waals surface area (Å²) in [4.78, 5) is 24.8. The number of benzene rings is 1. The monoisotopic (exact) mass is 263 g/mol. The Hall–Kier alpha value is -1.88. The number of carbonyl (C=O) groups excluding carboxylic acids is 1. The van der Waals surface area contributed by atoms with Crippen molar-refractivity contribution in [2.24, 2.45) is 0 Å². The Kier molecular flexibility index (Phi) is 3.34. The third-order valence-electron chi connectivity index (χ3n) is 2.89. The van der Waals surface area contributed by atoms with Gasteiger partial charge in [0.1, 0.15) is 6.04 Å². The average molecular weight is 263 g/mol. The highest BCUT2D eigenvalue weighted by molar-refractivity contribution is 7.20. The van der Waals surface area contributed by atoms with Gasteiger partial charge in [0, 0.05) is 11.7 Å². The van der Waals surface area contributed by atoms with Gasteiger partial charge in [0.05, 0.1) is 4.88 Å². The number of nitrogens with zero attached hydrogens (tertiary/aromatic N) is 1. The number of carboxylic acid groups (broad SMARTS) is 1. The molecule has 94 valence electrons. The second-order valence-electron chi connectivity index (χ2n) is 4.08. The van der Waals surface area contributed by atoms with Crippen LogP contribution in [-0.4, -0.2) is 35.0 Å². The molecule has 5 heteroatoms. The molecule has 0 spiro atoms. The minimum Gasteiger partial charge on any atom is -0.480 e. The van der Waals surface area contributed by atoms with E-state index in [0.29, 0.717) is 4.88 Å². The topological polar surface area (TPSA) is 57.6 Å². The number of amides is 1. The highest BCUT2D eigenvalue weighted by atomic mass is 32.1. The van der Waals surface area contributed by atoms with Crippen LogP contribution in [0.2, 0.25) is 0 Å². The summed E-state index contributed by atoms with van der Waals surface area (Å²) in [5, 5.41) is 9.90. The Morgan fingerprint density at radius 2 is 2.00 bits per heavy atom. The first kappa shape index (κ1) is 12.6. The van der Waals surface area contributed by atoms with Gasteiger partial charge in [0.15, 0.2) is 0 Å². The van der Waals surface area contributed by atoms with Crippen LogP contribution in [0.4, 0.5) is 0 Å². The fourth-order valence-corrected chi connectivity index (χ4v) is 2.65. The number of fused-ring (bicyclic) bond motifs is 1. The number of rotatable bonds is 3. The third kappa shape index (κ3) is 2.22. The van der Waals surface area contributed by atoms with E-state index in [4.69, 9.17) is 5.11 Å². The average Bonchev–Trinajstić information content (AvgIpc) is 2.79. The van der Waals surface area contributed by atoms with E-state index in [0.717, 1.165) is 10.1 Å². The van der Waals surface area contributed by atoms with Crippen LogP contribution >= 0.6 is 11.3 Å². The maximum Gasteiger partial charge on any atom is 0.326 e. The lowest BCUT2D eigenvalue weighted by Crippen LogP contribution is -2.39. The summed E-state index contributed by atoms with van der Waals surface area (Å²) in [5.41, 5.74) is 0. The van der Waals surface area contributed by atoms with E-state index in [1.165, 1.54) is 30.2 Å². The molecular formula is C13H13NO3S. The van der Waals surface area contributed by atoms with Crippen LogP contribution in [0.5, 0.6) is 0 Å². The van der Waals surface area contributed by atoms with Crippen molar-refractivity contribution in [2.45, 2.75) is 13.0 Å². The number of carbonyl (C=O) groups is 2. The van der Waals surface area contributed by atoms with Crippen molar-refractivity contribution < 1.29 is 14.7 Å². The fraction of sp³-hybridized carbons (Fsp3) is 0.231. The molecule has 1 aromatic carbocycles. The summed E-state index contributed by atoms with van der Waals surface area (Å²) in [6.07, 6.45) is 0. The normalized spacial score (nSPS) is 12.3. The Labute approximate surface area is 108 Å². The Morgan fingerprint density at radius 3 is 2.61 bits per heavy atom. The second-order valence-corrected chi connectivity index (χ2v) is 5.16.